The number of carbonyl (C=O) groups excluding carboxylic acids is 1. The number of carboxylic acids is 1. The van der Waals surface area contributed by atoms with E-state index in [-0.39, 0.29) is 17.9 Å². The van der Waals surface area contributed by atoms with Gasteiger partial charge in [0.05, 0.1) is 0 Å². The van der Waals surface area contributed by atoms with Crippen LogP contribution in [0.4, 0.5) is 0 Å². The molecule has 25 heavy (non-hydrogen) atoms. The number of rotatable bonds is 6. The van der Waals surface area contributed by atoms with E-state index in [9.17, 15) is 14.7 Å². The van der Waals surface area contributed by atoms with E-state index in [0.29, 0.717) is 0 Å². The highest BCUT2D eigenvalue weighted by Crippen LogP contribution is 2.51. The van der Waals surface area contributed by atoms with Crippen LogP contribution in [-0.2, 0) is 9.59 Å². The van der Waals surface area contributed by atoms with Crippen LogP contribution in [0.15, 0.2) is 47.5 Å². The van der Waals surface area contributed by atoms with Crippen molar-refractivity contribution in [1.82, 2.24) is 4.90 Å². The zero-order chi connectivity index (χ0) is 18.0. The standard InChI is InChI=1S/C17H18N2O4S2/c1-3-7-12(14(20)21)19-15(22)17(2)16(19)25-24-13(18-17)10-23-11-8-5-4-6-9-11/h3-9,12,16H,10H2,1-2H3,(H,20,21). The molecule has 6 nitrogen and oxygen atoms in total. The maximum atomic E-state index is 12.6. The molecule has 3 unspecified atom stereocenters. The number of hydrogen-bond donors (Lipinski definition) is 1. The van der Waals surface area contributed by atoms with E-state index in [0.717, 1.165) is 10.8 Å². The molecule has 132 valence electrons. The van der Waals surface area contributed by atoms with Gasteiger partial charge in [0.25, 0.3) is 5.91 Å². The third-order valence-corrected chi connectivity index (χ3v) is 6.81. The molecule has 0 radical (unpaired) electrons. The van der Waals surface area contributed by atoms with E-state index >= 15 is 0 Å². The van der Waals surface area contributed by atoms with Gasteiger partial charge in [-0.1, -0.05) is 41.1 Å². The number of ether oxygens (including phenoxy) is 1. The number of aliphatic carboxylic acids is 1. The number of hydrogen-bond acceptors (Lipinski definition) is 6. The van der Waals surface area contributed by atoms with Crippen LogP contribution in [0.2, 0.25) is 0 Å². The summed E-state index contributed by atoms with van der Waals surface area (Å²) in [6, 6.07) is 8.44. The van der Waals surface area contributed by atoms with E-state index in [4.69, 9.17) is 4.74 Å². The van der Waals surface area contributed by atoms with Crippen molar-refractivity contribution in [3.05, 3.63) is 42.5 Å². The predicted molar refractivity (Wildman–Crippen MR) is 99.8 cm³/mol. The summed E-state index contributed by atoms with van der Waals surface area (Å²) >= 11 is 0. The summed E-state index contributed by atoms with van der Waals surface area (Å²) in [5.41, 5.74) is -0.930. The summed E-state index contributed by atoms with van der Waals surface area (Å²) < 4.78 is 5.69. The number of fused-ring (bicyclic) bond motifs is 1. The molecular weight excluding hydrogens is 360 g/mol. The molecule has 1 fully saturated rings. The summed E-state index contributed by atoms with van der Waals surface area (Å²) in [5.74, 6) is -0.571. The second-order valence-corrected chi connectivity index (χ2v) is 8.16. The number of benzene rings is 1. The molecule has 1 aromatic rings. The largest absolute Gasteiger partial charge is 0.487 e. The molecule has 1 N–H and O–H groups in total. The molecule has 1 aromatic carbocycles. The van der Waals surface area contributed by atoms with E-state index in [2.05, 4.69) is 4.99 Å². The molecule has 2 aliphatic heterocycles. The van der Waals surface area contributed by atoms with Gasteiger partial charge in [0.15, 0.2) is 5.54 Å². The van der Waals surface area contributed by atoms with Crippen LogP contribution < -0.4 is 4.74 Å². The fraction of sp³-hybridized carbons (Fsp3) is 0.353. The Balaban J connectivity index is 1.72. The monoisotopic (exact) mass is 378 g/mol. The van der Waals surface area contributed by atoms with Crippen molar-refractivity contribution in [2.45, 2.75) is 30.8 Å². The van der Waals surface area contributed by atoms with Gasteiger partial charge in [-0.2, -0.15) is 0 Å². The molecule has 3 rings (SSSR count). The van der Waals surface area contributed by atoms with Gasteiger partial charge < -0.3 is 14.7 Å². The summed E-state index contributed by atoms with van der Waals surface area (Å²) in [7, 11) is 2.88. The molecule has 8 heteroatoms. The summed E-state index contributed by atoms with van der Waals surface area (Å²) in [6.07, 6.45) is 3.16. The van der Waals surface area contributed by atoms with Gasteiger partial charge in [0, 0.05) is 0 Å². The van der Waals surface area contributed by atoms with E-state index in [1.165, 1.54) is 32.6 Å². The first-order valence-electron chi connectivity index (χ1n) is 7.75. The molecule has 2 aliphatic rings. The number of carbonyl (C=O) groups is 2. The van der Waals surface area contributed by atoms with Crippen molar-refractivity contribution in [2.24, 2.45) is 4.99 Å². The minimum absolute atomic E-state index is 0.270. The Kier molecular flexibility index (Phi) is 5.10. The molecule has 0 aliphatic carbocycles. The SMILES string of the molecule is CC=CC(C(=O)O)N1C(=O)C2(C)N=C(COc3ccccc3)SSC12. The minimum atomic E-state index is -1.04. The number of likely N-dealkylation sites (tertiary alicyclic amines) is 1. The smallest absolute Gasteiger partial charge is 0.330 e. The number of β-lactam (4-membered cyclic amide) rings is 1. The number of amides is 1. The summed E-state index contributed by atoms with van der Waals surface area (Å²) in [5, 5.41) is 9.79. The number of carboxylic acid groups (broad SMARTS) is 1. The van der Waals surface area contributed by atoms with E-state index in [1.54, 1.807) is 19.9 Å². The molecule has 0 saturated carbocycles. The molecular formula is C17H18N2O4S2. The number of para-hydroxylation sites is 1. The van der Waals surface area contributed by atoms with E-state index in [1.807, 2.05) is 30.3 Å². The third-order valence-electron chi connectivity index (χ3n) is 4.03. The first-order valence-corrected chi connectivity index (χ1v) is 9.97. The Bertz CT molecular complexity index is 737. The van der Waals surface area contributed by atoms with Crippen LogP contribution >= 0.6 is 21.6 Å². The van der Waals surface area contributed by atoms with Gasteiger partial charge in [0.2, 0.25) is 0 Å². The molecule has 0 spiro atoms. The number of allylic oxidation sites excluding steroid dienone is 1. The van der Waals surface area contributed by atoms with Crippen molar-refractivity contribution in [3.63, 3.8) is 0 Å². The van der Waals surface area contributed by atoms with Gasteiger partial charge in [-0.15, -0.1) is 0 Å². The second-order valence-electron chi connectivity index (χ2n) is 5.81. The van der Waals surface area contributed by atoms with Gasteiger partial charge in [-0.3, -0.25) is 9.79 Å². The number of aliphatic imine (C=N–C) groups is 1. The Hall–Kier alpha value is -1.93. The highest BCUT2D eigenvalue weighted by molar-refractivity contribution is 8.82. The lowest BCUT2D eigenvalue weighted by molar-refractivity contribution is -0.162. The third kappa shape index (κ3) is 3.28. The highest BCUT2D eigenvalue weighted by atomic mass is 33.1. The Morgan fingerprint density at radius 2 is 2.20 bits per heavy atom. The number of nitrogens with zero attached hydrogens (tertiary/aromatic N) is 2. The van der Waals surface area contributed by atoms with Gasteiger partial charge in [-0.25, -0.2) is 4.79 Å². The zero-order valence-electron chi connectivity index (χ0n) is 13.8. The fourth-order valence-corrected chi connectivity index (χ4v) is 5.67. The first-order chi connectivity index (χ1) is 12.0. The normalized spacial score (nSPS) is 26.6. The average molecular weight is 378 g/mol. The first kappa shape index (κ1) is 17.9. The maximum absolute atomic E-state index is 12.6. The summed E-state index contributed by atoms with van der Waals surface area (Å²) in [4.78, 5) is 30.0. The molecule has 1 amide bonds. The maximum Gasteiger partial charge on any atom is 0.330 e. The lowest BCUT2D eigenvalue weighted by Gasteiger charge is -2.54. The molecule has 2 heterocycles. The Morgan fingerprint density at radius 3 is 2.84 bits per heavy atom. The molecule has 0 bridgehead atoms. The van der Waals surface area contributed by atoms with Crippen LogP contribution in [0.1, 0.15) is 13.8 Å². The summed E-state index contributed by atoms with van der Waals surface area (Å²) in [6.45, 7) is 3.77. The highest BCUT2D eigenvalue weighted by Gasteiger charge is 2.62. The lowest BCUT2D eigenvalue weighted by Crippen LogP contribution is -2.74. The Morgan fingerprint density at radius 1 is 1.48 bits per heavy atom. The molecule has 0 aromatic heterocycles. The Labute approximate surface area is 153 Å². The van der Waals surface area contributed by atoms with Gasteiger partial charge in [0.1, 0.15) is 28.8 Å². The second kappa shape index (κ2) is 7.13. The molecule has 1 saturated heterocycles. The van der Waals surface area contributed by atoms with Crippen LogP contribution in [0.5, 0.6) is 5.75 Å². The van der Waals surface area contributed by atoms with Gasteiger partial charge in [-0.05, 0) is 36.8 Å². The van der Waals surface area contributed by atoms with Crippen LogP contribution in [-0.4, -0.2) is 50.5 Å². The predicted octanol–water partition coefficient (Wildman–Crippen LogP) is 2.82. The molecule has 3 atom stereocenters. The van der Waals surface area contributed by atoms with E-state index < -0.39 is 17.6 Å². The fourth-order valence-electron chi connectivity index (χ4n) is 2.77. The van der Waals surface area contributed by atoms with Crippen LogP contribution in [0.25, 0.3) is 0 Å². The van der Waals surface area contributed by atoms with Crippen LogP contribution in [0, 0.1) is 0 Å². The average Bonchev–Trinajstić information content (AvgIpc) is 2.61. The van der Waals surface area contributed by atoms with Crippen LogP contribution in [0.3, 0.4) is 0 Å². The van der Waals surface area contributed by atoms with Crippen molar-refractivity contribution >= 4 is 38.5 Å². The lowest BCUT2D eigenvalue weighted by atomic mass is 9.88. The quantitative estimate of drug-likeness (QED) is 0.466. The van der Waals surface area contributed by atoms with Crippen molar-refractivity contribution in [2.75, 3.05) is 6.61 Å². The van der Waals surface area contributed by atoms with Crippen molar-refractivity contribution in [3.8, 4) is 5.75 Å². The van der Waals surface area contributed by atoms with Gasteiger partial charge >= 0.3 is 5.97 Å². The zero-order valence-corrected chi connectivity index (χ0v) is 15.4. The van der Waals surface area contributed by atoms with Crippen molar-refractivity contribution < 1.29 is 19.4 Å². The minimum Gasteiger partial charge on any atom is -0.487 e. The van der Waals surface area contributed by atoms with Crippen molar-refractivity contribution in [1.29, 1.82) is 0 Å². The topological polar surface area (TPSA) is 79.2 Å².